The zero-order chi connectivity index (χ0) is 17.8. The van der Waals surface area contributed by atoms with Crippen LogP contribution in [0.15, 0.2) is 29.2 Å². The third-order valence-electron chi connectivity index (χ3n) is 4.30. The Morgan fingerprint density at radius 1 is 1.40 bits per heavy atom. The van der Waals surface area contributed by atoms with Crippen molar-refractivity contribution < 1.29 is 14.3 Å². The van der Waals surface area contributed by atoms with Crippen LogP contribution in [0.1, 0.15) is 19.3 Å². The molecular formula is C16H21N5O4. The highest BCUT2D eigenvalue weighted by molar-refractivity contribution is 5.86. The Hall–Kier alpha value is -2.84. The Morgan fingerprint density at radius 3 is 3.00 bits per heavy atom. The molecule has 134 valence electrons. The molecule has 0 unspecified atom stereocenters. The van der Waals surface area contributed by atoms with Crippen molar-refractivity contribution in [3.8, 4) is 0 Å². The van der Waals surface area contributed by atoms with Crippen LogP contribution in [0.5, 0.6) is 0 Å². The number of aromatic nitrogens is 3. The molecule has 0 bridgehead atoms. The zero-order valence-corrected chi connectivity index (χ0v) is 14.1. The van der Waals surface area contributed by atoms with E-state index >= 15 is 0 Å². The highest BCUT2D eigenvalue weighted by Crippen LogP contribution is 2.18. The van der Waals surface area contributed by atoms with Gasteiger partial charge in [0.15, 0.2) is 5.65 Å². The minimum atomic E-state index is -0.481. The molecule has 9 nitrogen and oxygen atoms in total. The summed E-state index contributed by atoms with van der Waals surface area (Å²) in [4.78, 5) is 37.5. The molecule has 3 heterocycles. The number of hydrogen-bond acceptors (Lipinski definition) is 5. The van der Waals surface area contributed by atoms with Gasteiger partial charge in [0, 0.05) is 25.8 Å². The molecular weight excluding hydrogens is 326 g/mol. The lowest BCUT2D eigenvalue weighted by molar-refractivity contribution is -0.125. The second-order valence-electron chi connectivity index (χ2n) is 5.90. The molecule has 9 heteroatoms. The van der Waals surface area contributed by atoms with Gasteiger partial charge in [-0.15, -0.1) is 5.10 Å². The molecule has 25 heavy (non-hydrogen) atoms. The van der Waals surface area contributed by atoms with Crippen molar-refractivity contribution in [3.05, 3.63) is 34.9 Å². The molecule has 0 spiro atoms. The van der Waals surface area contributed by atoms with Crippen LogP contribution in [0.2, 0.25) is 0 Å². The van der Waals surface area contributed by atoms with E-state index in [9.17, 15) is 14.4 Å². The summed E-state index contributed by atoms with van der Waals surface area (Å²) in [5, 5.41) is 7.06. The van der Waals surface area contributed by atoms with E-state index < -0.39 is 12.1 Å². The fourth-order valence-electron chi connectivity index (χ4n) is 3.05. The first-order valence-corrected chi connectivity index (χ1v) is 8.28. The second-order valence-corrected chi connectivity index (χ2v) is 5.90. The highest BCUT2D eigenvalue weighted by atomic mass is 16.5. The van der Waals surface area contributed by atoms with Crippen LogP contribution in [0.25, 0.3) is 5.65 Å². The molecule has 1 saturated heterocycles. The molecule has 1 fully saturated rings. The first kappa shape index (κ1) is 17.0. The quantitative estimate of drug-likeness (QED) is 0.781. The van der Waals surface area contributed by atoms with Crippen molar-refractivity contribution in [2.24, 2.45) is 0 Å². The van der Waals surface area contributed by atoms with Crippen LogP contribution in [0.4, 0.5) is 4.79 Å². The standard InChI is InChI=1S/C16H21N5O4/c1-25-16(24)19-10-4-6-12(19)14(22)17-8-5-11-21-15(23)20-9-3-2-7-13(20)18-21/h2-3,7,9,12H,4-6,8,10-11H2,1H3,(H,17,22)/t12-/m0/s1. The van der Waals surface area contributed by atoms with Gasteiger partial charge in [-0.05, 0) is 31.4 Å². The topological polar surface area (TPSA) is 97.9 Å². The lowest BCUT2D eigenvalue weighted by atomic mass is 10.2. The van der Waals surface area contributed by atoms with Crippen molar-refractivity contribution in [1.29, 1.82) is 0 Å². The maximum Gasteiger partial charge on any atom is 0.410 e. The first-order valence-electron chi connectivity index (χ1n) is 8.28. The van der Waals surface area contributed by atoms with Crippen LogP contribution >= 0.6 is 0 Å². The number of rotatable bonds is 5. The van der Waals surface area contributed by atoms with E-state index in [-0.39, 0.29) is 11.6 Å². The molecule has 1 aliphatic heterocycles. The Kier molecular flexibility index (Phi) is 5.01. The molecule has 0 saturated carbocycles. The van der Waals surface area contributed by atoms with Crippen LogP contribution in [-0.4, -0.2) is 57.3 Å². The highest BCUT2D eigenvalue weighted by Gasteiger charge is 2.34. The summed E-state index contributed by atoms with van der Waals surface area (Å²) >= 11 is 0. The van der Waals surface area contributed by atoms with Gasteiger partial charge in [-0.2, -0.15) is 0 Å². The number of carbonyl (C=O) groups is 2. The van der Waals surface area contributed by atoms with Crippen molar-refractivity contribution >= 4 is 17.6 Å². The lowest BCUT2D eigenvalue weighted by Crippen LogP contribution is -2.46. The van der Waals surface area contributed by atoms with Gasteiger partial charge in [0.05, 0.1) is 7.11 Å². The molecule has 1 N–H and O–H groups in total. The predicted molar refractivity (Wildman–Crippen MR) is 89.2 cm³/mol. The van der Waals surface area contributed by atoms with E-state index in [1.807, 2.05) is 6.07 Å². The molecule has 0 aromatic carbocycles. The molecule has 0 radical (unpaired) electrons. The van der Waals surface area contributed by atoms with Crippen molar-refractivity contribution in [1.82, 2.24) is 24.4 Å². The Bertz CT molecular complexity index is 827. The number of ether oxygens (including phenoxy) is 1. The Morgan fingerprint density at radius 2 is 2.24 bits per heavy atom. The lowest BCUT2D eigenvalue weighted by Gasteiger charge is -2.22. The van der Waals surface area contributed by atoms with Gasteiger partial charge < -0.3 is 10.1 Å². The maximum atomic E-state index is 12.2. The van der Waals surface area contributed by atoms with Gasteiger partial charge in [-0.3, -0.25) is 14.1 Å². The smallest absolute Gasteiger partial charge is 0.410 e. The van der Waals surface area contributed by atoms with Crippen molar-refractivity contribution in [3.63, 3.8) is 0 Å². The van der Waals surface area contributed by atoms with Gasteiger partial charge in [0.25, 0.3) is 0 Å². The largest absolute Gasteiger partial charge is 0.453 e. The Labute approximate surface area is 144 Å². The number of amides is 2. The summed E-state index contributed by atoms with van der Waals surface area (Å²) in [5.74, 6) is -0.190. The summed E-state index contributed by atoms with van der Waals surface area (Å²) in [6.07, 6.45) is 3.18. The number of fused-ring (bicyclic) bond motifs is 1. The number of likely N-dealkylation sites (tertiary alicyclic amines) is 1. The van der Waals surface area contributed by atoms with E-state index in [1.165, 1.54) is 21.1 Å². The molecule has 0 aliphatic carbocycles. The summed E-state index contributed by atoms with van der Waals surface area (Å²) in [5.41, 5.74) is 0.394. The fourth-order valence-corrected chi connectivity index (χ4v) is 3.05. The van der Waals surface area contributed by atoms with Crippen LogP contribution in [0, 0.1) is 0 Å². The van der Waals surface area contributed by atoms with Crippen LogP contribution < -0.4 is 11.0 Å². The summed E-state index contributed by atoms with van der Waals surface area (Å²) in [7, 11) is 1.31. The first-order chi connectivity index (χ1) is 12.1. The van der Waals surface area contributed by atoms with E-state index in [2.05, 4.69) is 10.4 Å². The molecule has 2 aromatic rings. The Balaban J connectivity index is 1.51. The average molecular weight is 347 g/mol. The number of methoxy groups -OCH3 is 1. The second kappa shape index (κ2) is 7.37. The summed E-state index contributed by atoms with van der Waals surface area (Å²) in [6, 6.07) is 4.88. The molecule has 2 aromatic heterocycles. The van der Waals surface area contributed by atoms with Crippen molar-refractivity contribution in [2.45, 2.75) is 31.8 Å². The number of nitrogens with one attached hydrogen (secondary N) is 1. The number of nitrogens with zero attached hydrogens (tertiary/aromatic N) is 4. The SMILES string of the molecule is COC(=O)N1CCC[C@H]1C(=O)NCCCn1nc2ccccn2c1=O. The van der Waals surface area contributed by atoms with Gasteiger partial charge in [-0.25, -0.2) is 14.3 Å². The number of aryl methyl sites for hydroxylation is 1. The fraction of sp³-hybridized carbons (Fsp3) is 0.500. The predicted octanol–water partition coefficient (Wildman–Crippen LogP) is 0.233. The zero-order valence-electron chi connectivity index (χ0n) is 14.1. The van der Waals surface area contributed by atoms with E-state index in [4.69, 9.17) is 4.74 Å². The van der Waals surface area contributed by atoms with E-state index in [0.717, 1.165) is 6.42 Å². The van der Waals surface area contributed by atoms with Gasteiger partial charge in [0.1, 0.15) is 6.04 Å². The number of carbonyl (C=O) groups excluding carboxylic acids is 2. The normalized spacial score (nSPS) is 17.0. The minimum Gasteiger partial charge on any atom is -0.453 e. The van der Waals surface area contributed by atoms with Crippen LogP contribution in [-0.2, 0) is 16.1 Å². The number of pyridine rings is 1. The molecule has 1 aliphatic rings. The van der Waals surface area contributed by atoms with E-state index in [1.54, 1.807) is 18.3 Å². The third kappa shape index (κ3) is 3.49. The number of hydrogen-bond donors (Lipinski definition) is 1. The summed E-state index contributed by atoms with van der Waals surface area (Å²) < 4.78 is 7.56. The van der Waals surface area contributed by atoms with Gasteiger partial charge >= 0.3 is 11.8 Å². The molecule has 1 atom stereocenters. The van der Waals surface area contributed by atoms with E-state index in [0.29, 0.717) is 38.1 Å². The van der Waals surface area contributed by atoms with Gasteiger partial charge in [-0.1, -0.05) is 6.07 Å². The van der Waals surface area contributed by atoms with Gasteiger partial charge in [0.2, 0.25) is 5.91 Å². The minimum absolute atomic E-state index is 0.190. The van der Waals surface area contributed by atoms with Crippen molar-refractivity contribution in [2.75, 3.05) is 20.2 Å². The maximum absolute atomic E-state index is 12.2. The molecule has 3 rings (SSSR count). The average Bonchev–Trinajstić information content (AvgIpc) is 3.24. The summed E-state index contributed by atoms with van der Waals surface area (Å²) in [6.45, 7) is 1.35. The monoisotopic (exact) mass is 347 g/mol. The molecule has 2 amide bonds. The third-order valence-corrected chi connectivity index (χ3v) is 4.30. The van der Waals surface area contributed by atoms with Crippen LogP contribution in [0.3, 0.4) is 0 Å².